The Hall–Kier alpha value is -1.96. The van der Waals surface area contributed by atoms with Crippen molar-refractivity contribution in [1.82, 2.24) is 9.21 Å². The summed E-state index contributed by atoms with van der Waals surface area (Å²) in [5.41, 5.74) is 0.729. The first-order valence-electron chi connectivity index (χ1n) is 8.89. The van der Waals surface area contributed by atoms with E-state index in [2.05, 4.69) is 0 Å². The largest absolute Gasteiger partial charge is 0.335 e. The molecular weight excluding hydrogens is 403 g/mol. The van der Waals surface area contributed by atoms with Gasteiger partial charge in [0.05, 0.1) is 15.5 Å². The highest BCUT2D eigenvalue weighted by atomic mass is 35.5. The zero-order valence-electron chi connectivity index (χ0n) is 16.3. The van der Waals surface area contributed by atoms with Crippen LogP contribution in [0, 0.1) is 5.82 Å². The normalized spacial score (nSPS) is 11.9. The lowest BCUT2D eigenvalue weighted by atomic mass is 10.1. The zero-order chi connectivity index (χ0) is 21.1. The number of hydrogen-bond donors (Lipinski definition) is 0. The summed E-state index contributed by atoms with van der Waals surface area (Å²) >= 11 is 6.20. The molecule has 0 aliphatic rings. The molecule has 0 bridgehead atoms. The number of amides is 1. The molecule has 0 saturated carbocycles. The highest BCUT2D eigenvalue weighted by molar-refractivity contribution is 7.89. The first kappa shape index (κ1) is 22.3. The van der Waals surface area contributed by atoms with E-state index in [9.17, 15) is 17.6 Å². The van der Waals surface area contributed by atoms with Crippen molar-refractivity contribution in [3.05, 3.63) is 64.4 Å². The van der Waals surface area contributed by atoms with E-state index in [1.165, 1.54) is 46.6 Å². The minimum Gasteiger partial charge on any atom is -0.335 e. The number of rotatable bonds is 7. The Kier molecular flexibility index (Phi) is 7.20. The number of halogens is 2. The van der Waals surface area contributed by atoms with Gasteiger partial charge in [-0.1, -0.05) is 23.7 Å². The van der Waals surface area contributed by atoms with Crippen molar-refractivity contribution in [2.24, 2.45) is 0 Å². The third-order valence-electron chi connectivity index (χ3n) is 4.50. The molecule has 5 nitrogen and oxygen atoms in total. The Bertz CT molecular complexity index is 964. The molecule has 0 N–H and O–H groups in total. The van der Waals surface area contributed by atoms with Gasteiger partial charge in [-0.25, -0.2) is 12.8 Å². The third-order valence-corrected chi connectivity index (χ3v) is 6.86. The van der Waals surface area contributed by atoms with E-state index in [1.807, 2.05) is 0 Å². The maximum absolute atomic E-state index is 13.4. The van der Waals surface area contributed by atoms with Crippen molar-refractivity contribution in [3.63, 3.8) is 0 Å². The predicted octanol–water partition coefficient (Wildman–Crippen LogP) is 4.17. The first-order valence-corrected chi connectivity index (χ1v) is 10.7. The fourth-order valence-electron chi connectivity index (χ4n) is 2.63. The second-order valence-corrected chi connectivity index (χ2v) is 9.11. The van der Waals surface area contributed by atoms with Crippen molar-refractivity contribution in [2.45, 2.75) is 38.3 Å². The quantitative estimate of drug-likeness (QED) is 0.667. The molecule has 28 heavy (non-hydrogen) atoms. The molecule has 0 fully saturated rings. The SMILES string of the molecule is CCN(Cc1cccc(F)c1)C(=O)c1cc(S(=O)(=O)N(C)C(C)C)ccc1Cl. The average Bonchev–Trinajstić information content (AvgIpc) is 2.65. The number of carbonyl (C=O) groups excluding carboxylic acids is 1. The molecular formula is C20H24ClFN2O3S. The Morgan fingerprint density at radius 1 is 1.18 bits per heavy atom. The summed E-state index contributed by atoms with van der Waals surface area (Å²) in [6.07, 6.45) is 0. The van der Waals surface area contributed by atoms with Crippen LogP contribution in [0.15, 0.2) is 47.4 Å². The summed E-state index contributed by atoms with van der Waals surface area (Å²) < 4.78 is 40.2. The molecule has 0 unspecified atom stereocenters. The van der Waals surface area contributed by atoms with E-state index in [-0.39, 0.29) is 33.9 Å². The smallest absolute Gasteiger partial charge is 0.255 e. The molecule has 0 aliphatic carbocycles. The summed E-state index contributed by atoms with van der Waals surface area (Å²) in [4.78, 5) is 14.5. The van der Waals surface area contributed by atoms with E-state index in [1.54, 1.807) is 32.9 Å². The molecule has 2 rings (SSSR count). The van der Waals surface area contributed by atoms with Crippen LogP contribution < -0.4 is 0 Å². The van der Waals surface area contributed by atoms with Crippen molar-refractivity contribution in [3.8, 4) is 0 Å². The Morgan fingerprint density at radius 3 is 2.43 bits per heavy atom. The number of carbonyl (C=O) groups is 1. The van der Waals surface area contributed by atoms with Crippen LogP contribution in [-0.4, -0.2) is 43.2 Å². The summed E-state index contributed by atoms with van der Waals surface area (Å²) in [6, 6.07) is 9.84. The standard InChI is InChI=1S/C20H24ClFN2O3S/c1-5-24(13-15-7-6-8-16(22)11-15)20(25)18-12-17(9-10-19(18)21)28(26,27)23(4)14(2)3/h6-12,14H,5,13H2,1-4H3. The molecule has 0 spiro atoms. The van der Waals surface area contributed by atoms with Crippen molar-refractivity contribution >= 4 is 27.5 Å². The number of sulfonamides is 1. The lowest BCUT2D eigenvalue weighted by Gasteiger charge is -2.23. The second kappa shape index (κ2) is 9.03. The van der Waals surface area contributed by atoms with Crippen molar-refractivity contribution in [1.29, 1.82) is 0 Å². The number of nitrogens with zero attached hydrogens (tertiary/aromatic N) is 2. The van der Waals surface area contributed by atoms with Crippen LogP contribution >= 0.6 is 11.6 Å². The van der Waals surface area contributed by atoms with Crippen LogP contribution in [0.1, 0.15) is 36.7 Å². The van der Waals surface area contributed by atoms with Crippen LogP contribution in [0.3, 0.4) is 0 Å². The monoisotopic (exact) mass is 426 g/mol. The molecule has 152 valence electrons. The highest BCUT2D eigenvalue weighted by Crippen LogP contribution is 2.25. The van der Waals surface area contributed by atoms with Gasteiger partial charge in [0.25, 0.3) is 5.91 Å². The predicted molar refractivity (Wildman–Crippen MR) is 108 cm³/mol. The molecule has 2 aromatic rings. The average molecular weight is 427 g/mol. The summed E-state index contributed by atoms with van der Waals surface area (Å²) in [7, 11) is -2.27. The molecule has 0 heterocycles. The zero-order valence-corrected chi connectivity index (χ0v) is 17.9. The topological polar surface area (TPSA) is 57.7 Å². The van der Waals surface area contributed by atoms with Crippen LogP contribution in [0.4, 0.5) is 4.39 Å². The fourth-order valence-corrected chi connectivity index (χ4v) is 4.22. The Morgan fingerprint density at radius 2 is 1.86 bits per heavy atom. The summed E-state index contributed by atoms with van der Waals surface area (Å²) in [5, 5.41) is 0.161. The fraction of sp³-hybridized carbons (Fsp3) is 0.350. The van der Waals surface area contributed by atoms with Gasteiger partial charge in [-0.05, 0) is 56.7 Å². The molecule has 1 amide bonds. The van der Waals surface area contributed by atoms with Gasteiger partial charge in [0.2, 0.25) is 10.0 Å². The Balaban J connectivity index is 2.38. The van der Waals surface area contributed by atoms with Gasteiger partial charge in [0, 0.05) is 26.2 Å². The Labute approximate surface area is 170 Å². The molecule has 0 saturated heterocycles. The second-order valence-electron chi connectivity index (χ2n) is 6.71. The number of hydrogen-bond acceptors (Lipinski definition) is 3. The molecule has 8 heteroatoms. The molecule has 0 radical (unpaired) electrons. The van der Waals surface area contributed by atoms with Gasteiger partial charge in [0.1, 0.15) is 5.82 Å². The maximum atomic E-state index is 13.4. The van der Waals surface area contributed by atoms with Gasteiger partial charge in [-0.2, -0.15) is 4.31 Å². The minimum absolute atomic E-state index is 0.00161. The summed E-state index contributed by atoms with van der Waals surface area (Å²) in [5.74, 6) is -0.801. The number of benzene rings is 2. The van der Waals surface area contributed by atoms with Gasteiger partial charge >= 0.3 is 0 Å². The van der Waals surface area contributed by atoms with Crippen LogP contribution in [-0.2, 0) is 16.6 Å². The molecule has 0 aliphatic heterocycles. The molecule has 0 atom stereocenters. The highest BCUT2D eigenvalue weighted by Gasteiger charge is 2.26. The van der Waals surface area contributed by atoms with E-state index in [4.69, 9.17) is 11.6 Å². The molecule has 2 aromatic carbocycles. The van der Waals surface area contributed by atoms with Gasteiger partial charge in [0.15, 0.2) is 0 Å². The minimum atomic E-state index is -3.75. The first-order chi connectivity index (χ1) is 13.1. The van der Waals surface area contributed by atoms with E-state index in [0.29, 0.717) is 12.1 Å². The van der Waals surface area contributed by atoms with Gasteiger partial charge < -0.3 is 4.90 Å². The van der Waals surface area contributed by atoms with Crippen molar-refractivity contribution in [2.75, 3.05) is 13.6 Å². The molecule has 0 aromatic heterocycles. The lowest BCUT2D eigenvalue weighted by Crippen LogP contribution is -2.34. The van der Waals surface area contributed by atoms with E-state index < -0.39 is 15.9 Å². The van der Waals surface area contributed by atoms with E-state index in [0.717, 1.165) is 0 Å². The third kappa shape index (κ3) is 4.90. The van der Waals surface area contributed by atoms with Gasteiger partial charge in [-0.15, -0.1) is 0 Å². The maximum Gasteiger partial charge on any atom is 0.255 e. The lowest BCUT2D eigenvalue weighted by molar-refractivity contribution is 0.0752. The van der Waals surface area contributed by atoms with Gasteiger partial charge in [-0.3, -0.25) is 4.79 Å². The van der Waals surface area contributed by atoms with E-state index >= 15 is 0 Å². The summed E-state index contributed by atoms with van der Waals surface area (Å²) in [6.45, 7) is 5.85. The van der Waals surface area contributed by atoms with Crippen LogP contribution in [0.5, 0.6) is 0 Å². The van der Waals surface area contributed by atoms with Crippen molar-refractivity contribution < 1.29 is 17.6 Å². The van der Waals surface area contributed by atoms with Crippen LogP contribution in [0.25, 0.3) is 0 Å². The van der Waals surface area contributed by atoms with Crippen LogP contribution in [0.2, 0.25) is 5.02 Å².